The van der Waals surface area contributed by atoms with Gasteiger partial charge in [0.1, 0.15) is 12.4 Å². The highest BCUT2D eigenvalue weighted by Gasteiger charge is 2.18. The Morgan fingerprint density at radius 1 is 1.40 bits per heavy atom. The van der Waals surface area contributed by atoms with Crippen LogP contribution in [-0.2, 0) is 4.74 Å². The molecule has 0 aliphatic carbocycles. The van der Waals surface area contributed by atoms with Crippen LogP contribution in [-0.4, -0.2) is 55.9 Å². The molecule has 5 nitrogen and oxygen atoms in total. The molecule has 0 fully saturated rings. The van der Waals surface area contributed by atoms with Crippen LogP contribution >= 0.6 is 0 Å². The van der Waals surface area contributed by atoms with Gasteiger partial charge >= 0.3 is 0 Å². The number of hydrogen-bond acceptors (Lipinski definition) is 4. The van der Waals surface area contributed by atoms with Gasteiger partial charge in [-0.15, -0.1) is 0 Å². The summed E-state index contributed by atoms with van der Waals surface area (Å²) in [4.78, 5) is 14.0. The van der Waals surface area contributed by atoms with E-state index in [0.717, 1.165) is 0 Å². The van der Waals surface area contributed by atoms with E-state index in [2.05, 4.69) is 6.58 Å². The lowest BCUT2D eigenvalue weighted by molar-refractivity contribution is 0.0653. The Labute approximate surface area is 119 Å². The van der Waals surface area contributed by atoms with Crippen LogP contribution in [0.5, 0.6) is 5.75 Å². The smallest absolute Gasteiger partial charge is 0.257 e. The minimum absolute atomic E-state index is 0.0921. The Morgan fingerprint density at radius 2 is 2.15 bits per heavy atom. The van der Waals surface area contributed by atoms with Crippen LogP contribution in [0, 0.1) is 0 Å². The molecule has 1 aromatic carbocycles. The molecule has 0 aromatic heterocycles. The van der Waals surface area contributed by atoms with Gasteiger partial charge in [-0.2, -0.15) is 0 Å². The van der Waals surface area contributed by atoms with Crippen molar-refractivity contribution in [3.05, 3.63) is 42.5 Å². The number of aliphatic hydroxyl groups is 1. The van der Waals surface area contributed by atoms with Crippen molar-refractivity contribution in [1.82, 2.24) is 4.90 Å². The number of para-hydroxylation sites is 1. The Balaban J connectivity index is 2.89. The third-order valence-corrected chi connectivity index (χ3v) is 2.70. The molecule has 0 saturated carbocycles. The highest BCUT2D eigenvalue weighted by molar-refractivity contribution is 5.97. The Kier molecular flexibility index (Phi) is 7.39. The van der Waals surface area contributed by atoms with Gasteiger partial charge in [0.05, 0.1) is 18.8 Å². The molecule has 0 spiro atoms. The number of benzene rings is 1. The van der Waals surface area contributed by atoms with Crippen molar-refractivity contribution >= 4 is 5.91 Å². The van der Waals surface area contributed by atoms with Crippen molar-refractivity contribution in [2.24, 2.45) is 0 Å². The van der Waals surface area contributed by atoms with Crippen LogP contribution in [0.15, 0.2) is 36.9 Å². The minimum atomic E-state index is -0.184. The van der Waals surface area contributed by atoms with Gasteiger partial charge in [-0.1, -0.05) is 24.8 Å². The van der Waals surface area contributed by atoms with Crippen molar-refractivity contribution in [3.63, 3.8) is 0 Å². The van der Waals surface area contributed by atoms with E-state index >= 15 is 0 Å². The van der Waals surface area contributed by atoms with Crippen molar-refractivity contribution in [3.8, 4) is 5.75 Å². The van der Waals surface area contributed by atoms with Crippen molar-refractivity contribution in [1.29, 1.82) is 0 Å². The molecule has 20 heavy (non-hydrogen) atoms. The number of amides is 1. The predicted octanol–water partition coefficient (Wildman–Crippen LogP) is 1.33. The maximum absolute atomic E-state index is 12.5. The predicted molar refractivity (Wildman–Crippen MR) is 77.0 cm³/mol. The first-order chi connectivity index (χ1) is 9.74. The lowest BCUT2D eigenvalue weighted by atomic mass is 10.1. The molecule has 0 radical (unpaired) electrons. The van der Waals surface area contributed by atoms with Gasteiger partial charge in [0.25, 0.3) is 5.91 Å². The highest BCUT2D eigenvalue weighted by Crippen LogP contribution is 2.20. The van der Waals surface area contributed by atoms with E-state index in [1.54, 1.807) is 42.4 Å². The zero-order valence-corrected chi connectivity index (χ0v) is 11.7. The first kappa shape index (κ1) is 16.2. The zero-order valence-electron chi connectivity index (χ0n) is 11.7. The third-order valence-electron chi connectivity index (χ3n) is 2.70. The van der Waals surface area contributed by atoms with Gasteiger partial charge in [-0.05, 0) is 12.1 Å². The lowest BCUT2D eigenvalue weighted by Crippen LogP contribution is -2.36. The monoisotopic (exact) mass is 279 g/mol. The summed E-state index contributed by atoms with van der Waals surface area (Å²) in [6.07, 6.45) is 1.62. The zero-order chi connectivity index (χ0) is 14.8. The second kappa shape index (κ2) is 9.12. The summed E-state index contributed by atoms with van der Waals surface area (Å²) in [5.41, 5.74) is 0.471. The van der Waals surface area contributed by atoms with Crippen LogP contribution in [0.3, 0.4) is 0 Å². The standard InChI is InChI=1S/C15H21NO4/c1-3-11-20-14-7-5-4-6-13(14)15(18)16(8-10-17)9-12-19-2/h3-7,17H,1,8-12H2,2H3. The minimum Gasteiger partial charge on any atom is -0.489 e. The molecule has 0 aliphatic rings. The SMILES string of the molecule is C=CCOc1ccccc1C(=O)N(CCO)CCOC. The average molecular weight is 279 g/mol. The topological polar surface area (TPSA) is 59.0 Å². The van der Waals surface area contributed by atoms with E-state index in [1.165, 1.54) is 0 Å². The normalized spacial score (nSPS) is 10.1. The summed E-state index contributed by atoms with van der Waals surface area (Å²) in [6.45, 7) is 4.93. The van der Waals surface area contributed by atoms with Crippen LogP contribution in [0.4, 0.5) is 0 Å². The fourth-order valence-electron chi connectivity index (χ4n) is 1.73. The van der Waals surface area contributed by atoms with Gasteiger partial charge in [-0.3, -0.25) is 4.79 Å². The summed E-state index contributed by atoms with van der Waals surface area (Å²) < 4.78 is 10.5. The molecule has 5 heteroatoms. The first-order valence-corrected chi connectivity index (χ1v) is 6.46. The number of aliphatic hydroxyl groups excluding tert-OH is 1. The van der Waals surface area contributed by atoms with Crippen molar-refractivity contribution in [2.45, 2.75) is 0 Å². The maximum atomic E-state index is 12.5. The molecule has 1 N–H and O–H groups in total. The second-order valence-corrected chi connectivity index (χ2v) is 4.10. The van der Waals surface area contributed by atoms with Crippen molar-refractivity contribution in [2.75, 3.05) is 40.0 Å². The molecule has 0 atom stereocenters. The van der Waals surface area contributed by atoms with Crippen LogP contribution in [0.25, 0.3) is 0 Å². The highest BCUT2D eigenvalue weighted by atomic mass is 16.5. The molecule has 110 valence electrons. The summed E-state index contributed by atoms with van der Waals surface area (Å²) in [7, 11) is 1.57. The van der Waals surface area contributed by atoms with E-state index < -0.39 is 0 Å². The van der Waals surface area contributed by atoms with Gasteiger partial charge in [0, 0.05) is 20.2 Å². The molecule has 0 saturated heterocycles. The molecule has 1 rings (SSSR count). The Hall–Kier alpha value is -1.85. The molecule has 0 bridgehead atoms. The second-order valence-electron chi connectivity index (χ2n) is 4.10. The summed E-state index contributed by atoms with van der Waals surface area (Å²) in [6, 6.07) is 7.03. The molecular weight excluding hydrogens is 258 g/mol. The molecule has 0 aliphatic heterocycles. The van der Waals surface area contributed by atoms with Crippen LogP contribution in [0.1, 0.15) is 10.4 Å². The summed E-state index contributed by atoms with van der Waals surface area (Å²) in [5.74, 6) is 0.327. The van der Waals surface area contributed by atoms with Gasteiger partial charge < -0.3 is 19.5 Å². The third kappa shape index (κ3) is 4.68. The number of carbonyl (C=O) groups excluding carboxylic acids is 1. The number of rotatable bonds is 9. The molecule has 0 unspecified atom stereocenters. The lowest BCUT2D eigenvalue weighted by Gasteiger charge is -2.22. The Bertz CT molecular complexity index is 434. The molecule has 1 amide bonds. The number of ether oxygens (including phenoxy) is 2. The fraction of sp³-hybridized carbons (Fsp3) is 0.400. The average Bonchev–Trinajstić information content (AvgIpc) is 2.49. The molecule has 0 heterocycles. The fourth-order valence-corrected chi connectivity index (χ4v) is 1.73. The molecular formula is C15H21NO4. The van der Waals surface area contributed by atoms with E-state index in [4.69, 9.17) is 14.6 Å². The van der Waals surface area contributed by atoms with Crippen LogP contribution < -0.4 is 4.74 Å². The van der Waals surface area contributed by atoms with Gasteiger partial charge in [-0.25, -0.2) is 0 Å². The first-order valence-electron chi connectivity index (χ1n) is 6.46. The van der Waals surface area contributed by atoms with E-state index in [1.807, 2.05) is 0 Å². The molecule has 1 aromatic rings. The van der Waals surface area contributed by atoms with Crippen LogP contribution in [0.2, 0.25) is 0 Å². The van der Waals surface area contributed by atoms with Gasteiger partial charge in [0.15, 0.2) is 0 Å². The number of methoxy groups -OCH3 is 1. The van der Waals surface area contributed by atoms with E-state index in [9.17, 15) is 4.79 Å². The Morgan fingerprint density at radius 3 is 2.80 bits per heavy atom. The maximum Gasteiger partial charge on any atom is 0.257 e. The van der Waals surface area contributed by atoms with E-state index in [-0.39, 0.29) is 19.1 Å². The summed E-state index contributed by atoms with van der Waals surface area (Å²) in [5, 5.41) is 9.06. The largest absolute Gasteiger partial charge is 0.489 e. The number of carbonyl (C=O) groups is 1. The van der Waals surface area contributed by atoms with Gasteiger partial charge in [0.2, 0.25) is 0 Å². The van der Waals surface area contributed by atoms with Crippen molar-refractivity contribution < 1.29 is 19.4 Å². The summed E-state index contributed by atoms with van der Waals surface area (Å²) >= 11 is 0. The number of hydrogen-bond donors (Lipinski definition) is 1. The number of nitrogens with zero attached hydrogens (tertiary/aromatic N) is 1. The quantitative estimate of drug-likeness (QED) is 0.693. The van der Waals surface area contributed by atoms with E-state index in [0.29, 0.717) is 31.1 Å².